The minimum Gasteiger partial charge on any atom is -0.323 e. The molecule has 1 atom stereocenters. The fourth-order valence-corrected chi connectivity index (χ4v) is 3.84. The van der Waals surface area contributed by atoms with E-state index in [1.807, 2.05) is 13.0 Å². The van der Waals surface area contributed by atoms with E-state index in [-0.39, 0.29) is 22.7 Å². The predicted octanol–water partition coefficient (Wildman–Crippen LogP) is 4.53. The first-order valence-electron chi connectivity index (χ1n) is 9.47. The van der Waals surface area contributed by atoms with Crippen molar-refractivity contribution in [2.75, 3.05) is 18.4 Å². The topological polar surface area (TPSA) is 75.5 Å². The molecular formula is C21H24ClN3O3. The second kappa shape index (κ2) is 9.17. The highest BCUT2D eigenvalue weighted by molar-refractivity contribution is 6.34. The molecule has 7 heteroatoms. The van der Waals surface area contributed by atoms with Crippen LogP contribution in [-0.4, -0.2) is 34.9 Å². The average molecular weight is 402 g/mol. The molecule has 0 bridgehead atoms. The van der Waals surface area contributed by atoms with Crippen molar-refractivity contribution in [2.24, 2.45) is 5.92 Å². The summed E-state index contributed by atoms with van der Waals surface area (Å²) in [6, 6.07) is 14.3. The number of carbonyl (C=O) groups excluding carboxylic acids is 1. The summed E-state index contributed by atoms with van der Waals surface area (Å²) in [5.74, 6) is 0.482. The molecule has 1 unspecified atom stereocenters. The summed E-state index contributed by atoms with van der Waals surface area (Å²) in [6.45, 7) is 3.63. The second-order valence-electron chi connectivity index (χ2n) is 7.26. The molecule has 1 amide bonds. The monoisotopic (exact) mass is 401 g/mol. The summed E-state index contributed by atoms with van der Waals surface area (Å²) >= 11 is 6.07. The molecule has 28 heavy (non-hydrogen) atoms. The quantitative estimate of drug-likeness (QED) is 0.570. The normalized spacial score (nSPS) is 16.5. The lowest BCUT2D eigenvalue weighted by Gasteiger charge is -2.35. The Hall–Kier alpha value is -2.44. The van der Waals surface area contributed by atoms with E-state index in [2.05, 4.69) is 34.5 Å². The molecule has 1 aliphatic heterocycles. The fourth-order valence-electron chi connectivity index (χ4n) is 3.61. The van der Waals surface area contributed by atoms with E-state index in [0.29, 0.717) is 11.6 Å². The number of amides is 1. The summed E-state index contributed by atoms with van der Waals surface area (Å²) in [6.07, 6.45) is 3.20. The third-order valence-corrected chi connectivity index (χ3v) is 5.68. The Morgan fingerprint density at radius 1 is 1.25 bits per heavy atom. The number of likely N-dealkylation sites (tertiary alicyclic amines) is 1. The number of anilines is 1. The first kappa shape index (κ1) is 20.3. The van der Waals surface area contributed by atoms with Crippen molar-refractivity contribution < 1.29 is 9.72 Å². The van der Waals surface area contributed by atoms with Gasteiger partial charge >= 0.3 is 0 Å². The van der Waals surface area contributed by atoms with Crippen molar-refractivity contribution in [1.82, 2.24) is 4.90 Å². The van der Waals surface area contributed by atoms with E-state index < -0.39 is 4.92 Å². The van der Waals surface area contributed by atoms with Crippen molar-refractivity contribution in [3.63, 3.8) is 0 Å². The van der Waals surface area contributed by atoms with Gasteiger partial charge in [-0.1, -0.05) is 41.9 Å². The first-order valence-corrected chi connectivity index (χ1v) is 9.84. The maximum Gasteiger partial charge on any atom is 0.271 e. The second-order valence-corrected chi connectivity index (χ2v) is 7.66. The molecule has 1 heterocycles. The molecule has 2 aromatic carbocycles. The van der Waals surface area contributed by atoms with Crippen LogP contribution in [0, 0.1) is 16.0 Å². The number of nitrogens with zero attached hydrogens (tertiary/aromatic N) is 2. The SMILES string of the molecule is CC(C(=O)Nc1ccc([N+](=O)[O-])cc1Cl)N1CCC(Cc2ccccc2)CC1. The molecule has 3 rings (SSSR count). The molecule has 1 aliphatic rings. The summed E-state index contributed by atoms with van der Waals surface area (Å²) in [4.78, 5) is 25.1. The van der Waals surface area contributed by atoms with Crippen LogP contribution in [0.15, 0.2) is 48.5 Å². The van der Waals surface area contributed by atoms with Gasteiger partial charge in [0.1, 0.15) is 0 Å². The van der Waals surface area contributed by atoms with E-state index in [1.165, 1.54) is 23.8 Å². The lowest BCUT2D eigenvalue weighted by Crippen LogP contribution is -2.46. The first-order chi connectivity index (χ1) is 13.4. The van der Waals surface area contributed by atoms with Crippen molar-refractivity contribution in [2.45, 2.75) is 32.2 Å². The Labute approximate surface area is 169 Å². The highest BCUT2D eigenvalue weighted by Crippen LogP contribution is 2.27. The van der Waals surface area contributed by atoms with Crippen LogP contribution in [0.2, 0.25) is 5.02 Å². The number of hydrogen-bond acceptors (Lipinski definition) is 4. The summed E-state index contributed by atoms with van der Waals surface area (Å²) in [7, 11) is 0. The third kappa shape index (κ3) is 5.09. The molecular weight excluding hydrogens is 378 g/mol. The van der Waals surface area contributed by atoms with Gasteiger partial charge in [0, 0.05) is 12.1 Å². The van der Waals surface area contributed by atoms with E-state index in [9.17, 15) is 14.9 Å². The van der Waals surface area contributed by atoms with Gasteiger partial charge in [-0.15, -0.1) is 0 Å². The lowest BCUT2D eigenvalue weighted by atomic mass is 9.89. The molecule has 0 saturated carbocycles. The molecule has 2 aromatic rings. The van der Waals surface area contributed by atoms with E-state index in [4.69, 9.17) is 11.6 Å². The van der Waals surface area contributed by atoms with Gasteiger partial charge in [0.05, 0.1) is 21.7 Å². The number of rotatable bonds is 6. The molecule has 1 fully saturated rings. The van der Waals surface area contributed by atoms with Crippen LogP contribution < -0.4 is 5.32 Å². The van der Waals surface area contributed by atoms with Crippen LogP contribution in [0.3, 0.4) is 0 Å². The highest BCUT2D eigenvalue weighted by atomic mass is 35.5. The van der Waals surface area contributed by atoms with Crippen LogP contribution in [0.5, 0.6) is 0 Å². The third-order valence-electron chi connectivity index (χ3n) is 5.36. The molecule has 1 N–H and O–H groups in total. The number of hydrogen-bond donors (Lipinski definition) is 1. The van der Waals surface area contributed by atoms with Crippen molar-refractivity contribution in [3.8, 4) is 0 Å². The highest BCUT2D eigenvalue weighted by Gasteiger charge is 2.27. The Morgan fingerprint density at radius 3 is 2.54 bits per heavy atom. The van der Waals surface area contributed by atoms with Crippen molar-refractivity contribution in [1.29, 1.82) is 0 Å². The lowest BCUT2D eigenvalue weighted by molar-refractivity contribution is -0.384. The van der Waals surface area contributed by atoms with Crippen molar-refractivity contribution in [3.05, 3.63) is 69.2 Å². The van der Waals surface area contributed by atoms with E-state index >= 15 is 0 Å². The Bertz CT molecular complexity index is 836. The maximum atomic E-state index is 12.6. The zero-order valence-corrected chi connectivity index (χ0v) is 16.6. The van der Waals surface area contributed by atoms with Gasteiger partial charge < -0.3 is 5.32 Å². The van der Waals surface area contributed by atoms with Crippen molar-refractivity contribution >= 4 is 28.9 Å². The molecule has 6 nitrogen and oxygen atoms in total. The van der Waals surface area contributed by atoms with Gasteiger partial charge in [0.15, 0.2) is 0 Å². The summed E-state index contributed by atoms with van der Waals surface area (Å²) in [5, 5.41) is 13.7. The zero-order chi connectivity index (χ0) is 20.1. The van der Waals surface area contributed by atoms with Crippen LogP contribution in [0.25, 0.3) is 0 Å². The van der Waals surface area contributed by atoms with Crippen LogP contribution in [-0.2, 0) is 11.2 Å². The number of nitro benzene ring substituents is 1. The number of benzene rings is 2. The standard InChI is InChI=1S/C21H24ClN3O3/c1-15(21(26)23-20-8-7-18(25(27)28)14-19(20)22)24-11-9-17(10-12-24)13-16-5-3-2-4-6-16/h2-8,14-15,17H,9-13H2,1H3,(H,23,26). The Balaban J connectivity index is 1.52. The average Bonchev–Trinajstić information content (AvgIpc) is 2.70. The minimum atomic E-state index is -0.514. The van der Waals surface area contributed by atoms with Crippen LogP contribution in [0.1, 0.15) is 25.3 Å². The summed E-state index contributed by atoms with van der Waals surface area (Å²) in [5.41, 5.74) is 1.65. The molecule has 148 valence electrons. The fraction of sp³-hybridized carbons (Fsp3) is 0.381. The Kier molecular flexibility index (Phi) is 6.65. The van der Waals surface area contributed by atoms with Gasteiger partial charge in [-0.2, -0.15) is 0 Å². The Morgan fingerprint density at radius 2 is 1.93 bits per heavy atom. The maximum absolute atomic E-state index is 12.6. The number of piperidine rings is 1. The number of nitrogens with one attached hydrogen (secondary N) is 1. The minimum absolute atomic E-state index is 0.100. The largest absolute Gasteiger partial charge is 0.323 e. The van der Waals surface area contributed by atoms with Gasteiger partial charge in [0.25, 0.3) is 5.69 Å². The predicted molar refractivity (Wildman–Crippen MR) is 111 cm³/mol. The zero-order valence-electron chi connectivity index (χ0n) is 15.8. The van der Waals surface area contributed by atoms with Gasteiger partial charge in [0.2, 0.25) is 5.91 Å². The number of halogens is 1. The van der Waals surface area contributed by atoms with Gasteiger partial charge in [-0.3, -0.25) is 19.8 Å². The van der Waals surface area contributed by atoms with E-state index in [1.54, 1.807) is 0 Å². The molecule has 0 aromatic heterocycles. The van der Waals surface area contributed by atoms with E-state index in [0.717, 1.165) is 32.4 Å². The van der Waals surface area contributed by atoms with Gasteiger partial charge in [-0.25, -0.2) is 0 Å². The number of nitro groups is 1. The molecule has 0 radical (unpaired) electrons. The molecule has 0 spiro atoms. The van der Waals surface area contributed by atoms with Crippen LogP contribution in [0.4, 0.5) is 11.4 Å². The molecule has 0 aliphatic carbocycles. The number of carbonyl (C=O) groups is 1. The van der Waals surface area contributed by atoms with Gasteiger partial charge in [-0.05, 0) is 56.8 Å². The molecule has 1 saturated heterocycles. The smallest absolute Gasteiger partial charge is 0.271 e. The van der Waals surface area contributed by atoms with Crippen LogP contribution >= 0.6 is 11.6 Å². The summed E-state index contributed by atoms with van der Waals surface area (Å²) < 4.78 is 0. The number of non-ortho nitro benzene ring substituents is 1.